The van der Waals surface area contributed by atoms with Crippen molar-refractivity contribution in [2.24, 2.45) is 0 Å². The Morgan fingerprint density at radius 1 is 1.22 bits per heavy atom. The highest BCUT2D eigenvalue weighted by molar-refractivity contribution is 7.99. The topological polar surface area (TPSA) is 58.4 Å². The van der Waals surface area contributed by atoms with Gasteiger partial charge < -0.3 is 9.80 Å². The van der Waals surface area contributed by atoms with Gasteiger partial charge in [-0.05, 0) is 50.3 Å². The highest BCUT2D eigenvalue weighted by Crippen LogP contribution is 2.46. The molecular formula is C26H25ClF2N4O2S. The van der Waals surface area contributed by atoms with E-state index in [-0.39, 0.29) is 29.2 Å². The average molecular weight is 531 g/mol. The Morgan fingerprint density at radius 3 is 2.61 bits per heavy atom. The maximum atomic E-state index is 14.9. The number of piperazine rings is 1. The number of hydrogen-bond acceptors (Lipinski definition) is 5. The summed E-state index contributed by atoms with van der Waals surface area (Å²) in [5.41, 5.74) is 0.894. The van der Waals surface area contributed by atoms with Crippen LogP contribution in [0, 0.1) is 11.6 Å². The third-order valence-corrected chi connectivity index (χ3v) is 8.25. The molecule has 3 aromatic rings. The summed E-state index contributed by atoms with van der Waals surface area (Å²) in [6.07, 6.45) is 2.04. The Morgan fingerprint density at radius 2 is 1.94 bits per heavy atom. The van der Waals surface area contributed by atoms with Crippen LogP contribution in [0.2, 0.25) is 5.02 Å². The van der Waals surface area contributed by atoms with Crippen molar-refractivity contribution in [1.82, 2.24) is 14.5 Å². The summed E-state index contributed by atoms with van der Waals surface area (Å²) in [5, 5.41) is 0.991. The van der Waals surface area contributed by atoms with Crippen LogP contribution in [0.25, 0.3) is 22.0 Å². The van der Waals surface area contributed by atoms with E-state index < -0.39 is 11.6 Å². The van der Waals surface area contributed by atoms with Crippen molar-refractivity contribution < 1.29 is 13.6 Å². The lowest BCUT2D eigenvalue weighted by Crippen LogP contribution is -2.58. The van der Waals surface area contributed by atoms with E-state index in [0.29, 0.717) is 57.6 Å². The first-order valence-corrected chi connectivity index (χ1v) is 13.1. The molecule has 36 heavy (non-hydrogen) atoms. The SMILES string of the molecule is C=CC(=O)N1C(C)CN(c2nc(=O)n3c4c(c(-c5ccc(F)cc5F)c(Cl)cc24)SCCC3)CC1C. The second-order valence-electron chi connectivity index (χ2n) is 9.21. The molecule has 1 aromatic heterocycles. The fraction of sp³-hybridized carbons (Fsp3) is 0.346. The molecule has 1 fully saturated rings. The molecule has 6 nitrogen and oxygen atoms in total. The Kier molecular flexibility index (Phi) is 6.55. The van der Waals surface area contributed by atoms with Gasteiger partial charge in [-0.1, -0.05) is 18.2 Å². The Labute approximate surface area is 216 Å². The van der Waals surface area contributed by atoms with Crippen LogP contribution in [0.5, 0.6) is 0 Å². The summed E-state index contributed by atoms with van der Waals surface area (Å²) in [6.45, 7) is 8.93. The van der Waals surface area contributed by atoms with Gasteiger partial charge in [0.2, 0.25) is 5.91 Å². The zero-order valence-corrected chi connectivity index (χ0v) is 21.5. The van der Waals surface area contributed by atoms with Crippen LogP contribution >= 0.6 is 23.4 Å². The smallest absolute Gasteiger partial charge is 0.350 e. The molecule has 0 saturated carbocycles. The molecule has 1 saturated heterocycles. The number of rotatable bonds is 3. The molecule has 0 radical (unpaired) electrons. The molecule has 2 aliphatic rings. The van der Waals surface area contributed by atoms with Crippen LogP contribution in [0.15, 0.2) is 46.6 Å². The second kappa shape index (κ2) is 9.52. The normalized spacial score (nSPS) is 19.9. The van der Waals surface area contributed by atoms with Gasteiger partial charge in [-0.15, -0.1) is 11.8 Å². The number of carbonyl (C=O) groups is 1. The minimum absolute atomic E-state index is 0.133. The minimum atomic E-state index is -0.716. The molecular weight excluding hydrogens is 506 g/mol. The summed E-state index contributed by atoms with van der Waals surface area (Å²) >= 11 is 8.29. The summed E-state index contributed by atoms with van der Waals surface area (Å²) < 4.78 is 30.2. The van der Waals surface area contributed by atoms with E-state index in [4.69, 9.17) is 11.6 Å². The molecule has 10 heteroatoms. The van der Waals surface area contributed by atoms with Gasteiger partial charge in [0, 0.05) is 59.2 Å². The van der Waals surface area contributed by atoms with E-state index >= 15 is 0 Å². The van der Waals surface area contributed by atoms with Crippen molar-refractivity contribution in [3.8, 4) is 11.1 Å². The van der Waals surface area contributed by atoms with Crippen LogP contribution in [0.1, 0.15) is 20.3 Å². The van der Waals surface area contributed by atoms with Gasteiger partial charge >= 0.3 is 5.69 Å². The third kappa shape index (κ3) is 4.08. The number of amides is 1. The number of nitrogens with zero attached hydrogens (tertiary/aromatic N) is 4. The lowest BCUT2D eigenvalue weighted by Gasteiger charge is -2.44. The van der Waals surface area contributed by atoms with Crippen molar-refractivity contribution >= 4 is 46.0 Å². The molecule has 0 N–H and O–H groups in total. The van der Waals surface area contributed by atoms with Gasteiger partial charge in [0.1, 0.15) is 17.5 Å². The number of thioether (sulfide) groups is 1. The molecule has 5 rings (SSSR count). The Bertz CT molecular complexity index is 1450. The molecule has 2 aliphatic heterocycles. The molecule has 2 unspecified atom stereocenters. The number of aromatic nitrogens is 2. The molecule has 3 heterocycles. The molecule has 2 atom stereocenters. The molecule has 2 aromatic carbocycles. The predicted octanol–water partition coefficient (Wildman–Crippen LogP) is 5.10. The summed E-state index contributed by atoms with van der Waals surface area (Å²) in [7, 11) is 0. The molecule has 0 spiro atoms. The third-order valence-electron chi connectivity index (χ3n) is 6.77. The molecule has 188 valence electrons. The standard InChI is InChI=1S/C26H25ClF2N4O2S/c1-4-21(34)33-14(2)12-31(13-15(33)3)25-18-11-19(27)22(17-7-6-16(28)10-20(17)29)24-23(18)32(26(35)30-25)8-5-9-36-24/h4,6-7,10-11,14-15H,1,5,8-9,12-13H2,2-3H3. The van der Waals surface area contributed by atoms with Crippen LogP contribution in [-0.4, -0.2) is 51.3 Å². The average Bonchev–Trinajstić information content (AvgIpc) is 3.05. The van der Waals surface area contributed by atoms with E-state index in [1.54, 1.807) is 15.5 Å². The zero-order valence-electron chi connectivity index (χ0n) is 19.9. The fourth-order valence-corrected chi connectivity index (χ4v) is 6.89. The first-order chi connectivity index (χ1) is 17.2. The van der Waals surface area contributed by atoms with E-state index in [2.05, 4.69) is 11.6 Å². The second-order valence-corrected chi connectivity index (χ2v) is 10.7. The molecule has 1 amide bonds. The zero-order chi connectivity index (χ0) is 25.7. The monoisotopic (exact) mass is 530 g/mol. The van der Waals surface area contributed by atoms with E-state index in [1.807, 2.05) is 18.7 Å². The van der Waals surface area contributed by atoms with Crippen molar-refractivity contribution in [2.75, 3.05) is 23.7 Å². The van der Waals surface area contributed by atoms with Gasteiger partial charge in [-0.3, -0.25) is 9.36 Å². The summed E-state index contributed by atoms with van der Waals surface area (Å²) in [6, 6.07) is 4.87. The predicted molar refractivity (Wildman–Crippen MR) is 140 cm³/mol. The maximum Gasteiger partial charge on any atom is 0.350 e. The summed E-state index contributed by atoms with van der Waals surface area (Å²) in [4.78, 5) is 34.6. The maximum absolute atomic E-state index is 14.9. The highest BCUT2D eigenvalue weighted by atomic mass is 35.5. The Balaban J connectivity index is 1.73. The van der Waals surface area contributed by atoms with Gasteiger partial charge in [0.25, 0.3) is 0 Å². The van der Waals surface area contributed by atoms with E-state index in [9.17, 15) is 18.4 Å². The van der Waals surface area contributed by atoms with Crippen molar-refractivity contribution in [2.45, 2.75) is 43.8 Å². The number of halogens is 3. The first-order valence-electron chi connectivity index (χ1n) is 11.8. The number of hydrogen-bond donors (Lipinski definition) is 0. The van der Waals surface area contributed by atoms with Crippen LogP contribution in [-0.2, 0) is 11.3 Å². The van der Waals surface area contributed by atoms with Crippen LogP contribution < -0.4 is 10.6 Å². The lowest BCUT2D eigenvalue weighted by molar-refractivity contribution is -0.130. The van der Waals surface area contributed by atoms with E-state index in [0.717, 1.165) is 12.5 Å². The molecule has 0 bridgehead atoms. The lowest BCUT2D eigenvalue weighted by atomic mass is 10.0. The highest BCUT2D eigenvalue weighted by Gasteiger charge is 2.34. The number of benzene rings is 2. The first kappa shape index (κ1) is 24.8. The van der Waals surface area contributed by atoms with Gasteiger partial charge in [0.05, 0.1) is 10.5 Å². The minimum Gasteiger partial charge on any atom is -0.352 e. The van der Waals surface area contributed by atoms with Crippen molar-refractivity contribution in [3.05, 3.63) is 64.1 Å². The van der Waals surface area contributed by atoms with Gasteiger partial charge in [0.15, 0.2) is 0 Å². The van der Waals surface area contributed by atoms with Crippen molar-refractivity contribution in [1.29, 1.82) is 0 Å². The molecule has 0 aliphatic carbocycles. The quantitative estimate of drug-likeness (QED) is 0.441. The number of aryl methyl sites for hydroxylation is 1. The Hall–Kier alpha value is -2.91. The van der Waals surface area contributed by atoms with Gasteiger partial charge in [-0.25, -0.2) is 13.6 Å². The van der Waals surface area contributed by atoms with Crippen LogP contribution in [0.4, 0.5) is 14.6 Å². The number of anilines is 1. The largest absolute Gasteiger partial charge is 0.352 e. The fourth-order valence-electron chi connectivity index (χ4n) is 5.33. The number of carbonyl (C=O) groups excluding carboxylic acids is 1. The summed E-state index contributed by atoms with van der Waals surface area (Å²) in [5.74, 6) is -0.328. The van der Waals surface area contributed by atoms with E-state index in [1.165, 1.54) is 30.0 Å². The van der Waals surface area contributed by atoms with Gasteiger partial charge in [-0.2, -0.15) is 4.98 Å². The van der Waals surface area contributed by atoms with Crippen LogP contribution in [0.3, 0.4) is 0 Å². The van der Waals surface area contributed by atoms with Crippen molar-refractivity contribution in [3.63, 3.8) is 0 Å².